The second-order valence-electron chi connectivity index (χ2n) is 8.03. The molecule has 0 saturated heterocycles. The molecule has 180 valence electrons. The van der Waals surface area contributed by atoms with Crippen molar-refractivity contribution in [3.8, 4) is 0 Å². The summed E-state index contributed by atoms with van der Waals surface area (Å²) < 4.78 is 27.1. The molecule has 3 rings (SSSR count). The van der Waals surface area contributed by atoms with Crippen molar-refractivity contribution in [2.75, 3.05) is 25.5 Å². The van der Waals surface area contributed by atoms with Crippen molar-refractivity contribution < 1.29 is 18.0 Å². The summed E-state index contributed by atoms with van der Waals surface area (Å²) in [6, 6.07) is 19.8. The molecule has 0 aliphatic heterocycles. The van der Waals surface area contributed by atoms with Gasteiger partial charge >= 0.3 is 0 Å². The number of amides is 2. The number of aryl methyl sites for hydroxylation is 1. The van der Waals surface area contributed by atoms with Crippen LogP contribution in [0.15, 0.2) is 71.6 Å². The van der Waals surface area contributed by atoms with Crippen LogP contribution in [0.5, 0.6) is 0 Å². The summed E-state index contributed by atoms with van der Waals surface area (Å²) in [5.74, 6) is -0.502. The van der Waals surface area contributed by atoms with E-state index in [1.54, 1.807) is 16.2 Å². The molecule has 0 fully saturated rings. The maximum Gasteiger partial charge on any atom is 0.243 e. The molecule has 0 aliphatic carbocycles. The predicted molar refractivity (Wildman–Crippen MR) is 135 cm³/mol. The van der Waals surface area contributed by atoms with E-state index in [0.29, 0.717) is 25.2 Å². The molecular weight excluding hydrogens is 470 g/mol. The number of carbonyl (C=O) groups excluding carboxylic acids is 2. The Morgan fingerprint density at radius 1 is 0.971 bits per heavy atom. The summed E-state index contributed by atoms with van der Waals surface area (Å²) in [5.41, 5.74) is 1.62. The smallest absolute Gasteiger partial charge is 0.243 e. The predicted octanol–water partition coefficient (Wildman–Crippen LogP) is 3.91. The monoisotopic (exact) mass is 499 g/mol. The van der Waals surface area contributed by atoms with Crippen LogP contribution in [0.4, 0.5) is 5.69 Å². The largest absolute Gasteiger partial charge is 0.336 e. The SMILES string of the molecule is CC(=O)Nc1ccc(S(=O)(=O)N(C)CC(=O)N(CCc2ccccc2)Cc2ccc(C)s2)cc1. The van der Waals surface area contributed by atoms with Crippen LogP contribution in [0.1, 0.15) is 22.2 Å². The van der Waals surface area contributed by atoms with E-state index in [9.17, 15) is 18.0 Å². The van der Waals surface area contributed by atoms with Gasteiger partial charge in [-0.2, -0.15) is 4.31 Å². The average molecular weight is 500 g/mol. The molecule has 2 aromatic carbocycles. The van der Waals surface area contributed by atoms with Crippen LogP contribution in [0, 0.1) is 6.92 Å². The van der Waals surface area contributed by atoms with Gasteiger partial charge in [0, 0.05) is 36.0 Å². The summed E-state index contributed by atoms with van der Waals surface area (Å²) in [5, 5.41) is 2.61. The third-order valence-corrected chi connectivity index (χ3v) is 8.05. The fourth-order valence-electron chi connectivity index (χ4n) is 3.43. The molecule has 1 N–H and O–H groups in total. The highest BCUT2D eigenvalue weighted by Gasteiger charge is 2.25. The van der Waals surface area contributed by atoms with Gasteiger partial charge in [0.1, 0.15) is 0 Å². The average Bonchev–Trinajstić information content (AvgIpc) is 3.21. The molecule has 0 spiro atoms. The molecule has 0 radical (unpaired) electrons. The highest BCUT2D eigenvalue weighted by atomic mass is 32.2. The topological polar surface area (TPSA) is 86.8 Å². The van der Waals surface area contributed by atoms with E-state index < -0.39 is 10.0 Å². The Kier molecular flexibility index (Phi) is 8.60. The molecule has 2 amide bonds. The number of hydrogen-bond donors (Lipinski definition) is 1. The van der Waals surface area contributed by atoms with Crippen molar-refractivity contribution in [1.29, 1.82) is 0 Å². The van der Waals surface area contributed by atoms with Crippen LogP contribution in [0.2, 0.25) is 0 Å². The molecule has 1 heterocycles. The van der Waals surface area contributed by atoms with E-state index in [1.807, 2.05) is 49.4 Å². The third kappa shape index (κ3) is 6.99. The van der Waals surface area contributed by atoms with E-state index in [1.165, 1.54) is 38.2 Å². The van der Waals surface area contributed by atoms with E-state index in [0.717, 1.165) is 19.6 Å². The number of thiophene rings is 1. The zero-order chi connectivity index (χ0) is 24.7. The minimum atomic E-state index is -3.87. The van der Waals surface area contributed by atoms with Crippen molar-refractivity contribution in [3.63, 3.8) is 0 Å². The highest BCUT2D eigenvalue weighted by Crippen LogP contribution is 2.20. The van der Waals surface area contributed by atoms with Gasteiger partial charge in [0.25, 0.3) is 0 Å². The lowest BCUT2D eigenvalue weighted by atomic mass is 10.1. The molecular formula is C25H29N3O4S2. The Hall–Kier alpha value is -3.01. The number of sulfonamides is 1. The van der Waals surface area contributed by atoms with Gasteiger partial charge in [-0.1, -0.05) is 30.3 Å². The van der Waals surface area contributed by atoms with Crippen molar-refractivity contribution in [3.05, 3.63) is 82.0 Å². The summed E-state index contributed by atoms with van der Waals surface area (Å²) >= 11 is 1.63. The minimum absolute atomic E-state index is 0.0571. The van der Waals surface area contributed by atoms with Gasteiger partial charge in [-0.3, -0.25) is 9.59 Å². The van der Waals surface area contributed by atoms with Crippen LogP contribution in [0.25, 0.3) is 0 Å². The van der Waals surface area contributed by atoms with Gasteiger partial charge in [-0.15, -0.1) is 11.3 Å². The number of rotatable bonds is 10. The maximum atomic E-state index is 13.2. The van der Waals surface area contributed by atoms with Crippen molar-refractivity contribution in [1.82, 2.24) is 9.21 Å². The summed E-state index contributed by atoms with van der Waals surface area (Å²) in [6.07, 6.45) is 0.679. The lowest BCUT2D eigenvalue weighted by molar-refractivity contribution is -0.131. The number of anilines is 1. The third-order valence-electron chi connectivity index (χ3n) is 5.25. The van der Waals surface area contributed by atoms with Crippen molar-refractivity contribution in [2.24, 2.45) is 0 Å². The summed E-state index contributed by atoms with van der Waals surface area (Å²) in [7, 11) is -2.47. The van der Waals surface area contributed by atoms with E-state index in [-0.39, 0.29) is 23.3 Å². The molecule has 1 aromatic heterocycles. The highest BCUT2D eigenvalue weighted by molar-refractivity contribution is 7.89. The molecule has 0 aliphatic rings. The molecule has 7 nitrogen and oxygen atoms in total. The van der Waals surface area contributed by atoms with Crippen molar-refractivity contribution in [2.45, 2.75) is 31.7 Å². The van der Waals surface area contributed by atoms with Gasteiger partial charge in [0.2, 0.25) is 21.8 Å². The number of nitrogens with one attached hydrogen (secondary N) is 1. The van der Waals surface area contributed by atoms with Crippen LogP contribution in [-0.2, 0) is 32.6 Å². The first-order valence-corrected chi connectivity index (χ1v) is 13.1. The van der Waals surface area contributed by atoms with Gasteiger partial charge < -0.3 is 10.2 Å². The molecule has 34 heavy (non-hydrogen) atoms. The first kappa shape index (κ1) is 25.6. The van der Waals surface area contributed by atoms with Gasteiger partial charge in [0.05, 0.1) is 18.0 Å². The molecule has 0 saturated carbocycles. The molecule has 3 aromatic rings. The number of carbonyl (C=O) groups is 2. The Morgan fingerprint density at radius 2 is 1.65 bits per heavy atom. The zero-order valence-electron chi connectivity index (χ0n) is 19.5. The molecule has 0 bridgehead atoms. The number of hydrogen-bond acceptors (Lipinski definition) is 5. The second kappa shape index (κ2) is 11.4. The number of nitrogens with zero attached hydrogens (tertiary/aromatic N) is 2. The maximum absolute atomic E-state index is 13.2. The van der Waals surface area contributed by atoms with Crippen LogP contribution < -0.4 is 5.32 Å². The normalized spacial score (nSPS) is 11.4. The zero-order valence-corrected chi connectivity index (χ0v) is 21.2. The van der Waals surface area contributed by atoms with E-state index in [4.69, 9.17) is 0 Å². The Balaban J connectivity index is 1.72. The number of benzene rings is 2. The standard InChI is InChI=1S/C25H29N3O4S2/c1-19-9-12-23(33-19)17-28(16-15-21-7-5-4-6-8-21)25(30)18-27(3)34(31,32)24-13-10-22(11-14-24)26-20(2)29/h4-14H,15-18H2,1-3H3,(H,26,29). The molecule has 0 unspecified atom stereocenters. The quantitative estimate of drug-likeness (QED) is 0.458. The van der Waals surface area contributed by atoms with E-state index >= 15 is 0 Å². The lowest BCUT2D eigenvalue weighted by Crippen LogP contribution is -2.41. The molecule has 9 heteroatoms. The first-order chi connectivity index (χ1) is 16.1. The Morgan fingerprint density at radius 3 is 2.24 bits per heavy atom. The minimum Gasteiger partial charge on any atom is -0.336 e. The summed E-state index contributed by atoms with van der Waals surface area (Å²) in [6.45, 7) is 4.05. The van der Waals surface area contributed by atoms with Crippen LogP contribution >= 0.6 is 11.3 Å². The summed E-state index contributed by atoms with van der Waals surface area (Å²) in [4.78, 5) is 28.4. The Bertz CT molecular complexity index is 1220. The van der Waals surface area contributed by atoms with Gasteiger partial charge in [-0.05, 0) is 55.3 Å². The van der Waals surface area contributed by atoms with Crippen LogP contribution in [0.3, 0.4) is 0 Å². The first-order valence-electron chi connectivity index (χ1n) is 10.9. The fourth-order valence-corrected chi connectivity index (χ4v) is 5.45. The van der Waals surface area contributed by atoms with E-state index in [2.05, 4.69) is 5.32 Å². The van der Waals surface area contributed by atoms with Crippen LogP contribution in [-0.4, -0.2) is 49.6 Å². The molecule has 0 atom stereocenters. The van der Waals surface area contributed by atoms with Gasteiger partial charge in [-0.25, -0.2) is 8.42 Å². The number of likely N-dealkylation sites (N-methyl/N-ethyl adjacent to an activating group) is 1. The Labute approximate surface area is 205 Å². The lowest BCUT2D eigenvalue weighted by Gasteiger charge is -2.25. The van der Waals surface area contributed by atoms with Gasteiger partial charge in [0.15, 0.2) is 0 Å². The fraction of sp³-hybridized carbons (Fsp3) is 0.280. The second-order valence-corrected chi connectivity index (χ2v) is 11.4. The van der Waals surface area contributed by atoms with Crippen molar-refractivity contribution >= 4 is 38.9 Å².